The minimum Gasteiger partial charge on any atom is -0.493 e. The van der Waals surface area contributed by atoms with Crippen LogP contribution in [0.15, 0.2) is 29.1 Å². The number of amides is 2. The Morgan fingerprint density at radius 1 is 1.00 bits per heavy atom. The fraction of sp³-hybridized carbons (Fsp3) is 0.452. The number of hydrogen-bond donors (Lipinski definition) is 3. The molecule has 0 saturated carbocycles. The molecule has 236 valence electrons. The van der Waals surface area contributed by atoms with Crippen molar-refractivity contribution in [2.75, 3.05) is 45.6 Å². The summed E-state index contributed by atoms with van der Waals surface area (Å²) in [6.45, 7) is 2.38. The van der Waals surface area contributed by atoms with Crippen molar-refractivity contribution < 1.29 is 28.5 Å². The standard InChI is InChI=1S/C31H39N5O7S/c1-18(37)33-22-12-10-19-15-25(41-3)29(42-4)30(43-5)28(19)20-11-13-23(24(38)16-21(20)22)32-14-8-6-7-9-26(39)34-31-36-35-27(44-31)17-40-2/h11,13,15-16,22H,6-10,12,14,17H2,1-5H3,(H,32,38)(H,33,37)(H,34,36,39). The average molecular weight is 626 g/mol. The van der Waals surface area contributed by atoms with Gasteiger partial charge < -0.3 is 34.9 Å². The van der Waals surface area contributed by atoms with E-state index in [9.17, 15) is 14.4 Å². The summed E-state index contributed by atoms with van der Waals surface area (Å²) >= 11 is 1.29. The van der Waals surface area contributed by atoms with Gasteiger partial charge in [0.1, 0.15) is 11.6 Å². The molecule has 12 nitrogen and oxygen atoms in total. The van der Waals surface area contributed by atoms with E-state index in [1.165, 1.54) is 18.3 Å². The van der Waals surface area contributed by atoms with Gasteiger partial charge in [0, 0.05) is 32.6 Å². The van der Waals surface area contributed by atoms with Crippen LogP contribution < -0.4 is 35.6 Å². The van der Waals surface area contributed by atoms with Crippen LogP contribution >= 0.6 is 11.3 Å². The number of unbranched alkanes of at least 4 members (excludes halogenated alkanes) is 2. The topological polar surface area (TPSA) is 150 Å². The third-order valence-electron chi connectivity index (χ3n) is 7.29. The number of fused-ring (bicyclic) bond motifs is 3. The number of aromatic nitrogens is 2. The number of nitrogens with one attached hydrogen (secondary N) is 3. The summed E-state index contributed by atoms with van der Waals surface area (Å²) in [6.07, 6.45) is 3.83. The van der Waals surface area contributed by atoms with Gasteiger partial charge in [0.2, 0.25) is 28.1 Å². The van der Waals surface area contributed by atoms with Crippen molar-refractivity contribution >= 4 is 34.0 Å². The predicted octanol–water partition coefficient (Wildman–Crippen LogP) is 4.47. The lowest BCUT2D eigenvalue weighted by atomic mass is 9.95. The van der Waals surface area contributed by atoms with Gasteiger partial charge in [-0.1, -0.05) is 23.8 Å². The van der Waals surface area contributed by atoms with Gasteiger partial charge in [0.25, 0.3) is 0 Å². The monoisotopic (exact) mass is 625 g/mol. The molecule has 4 rings (SSSR count). The maximum Gasteiger partial charge on any atom is 0.226 e. The highest BCUT2D eigenvalue weighted by Crippen LogP contribution is 2.50. The molecule has 3 aromatic rings. The van der Waals surface area contributed by atoms with Gasteiger partial charge in [0.15, 0.2) is 11.5 Å². The van der Waals surface area contributed by atoms with Crippen LogP contribution in [0.1, 0.15) is 61.2 Å². The fourth-order valence-electron chi connectivity index (χ4n) is 5.33. The molecule has 44 heavy (non-hydrogen) atoms. The molecule has 0 radical (unpaired) electrons. The van der Waals surface area contributed by atoms with Gasteiger partial charge in [-0.3, -0.25) is 14.4 Å². The minimum absolute atomic E-state index is 0.116. The third-order valence-corrected chi connectivity index (χ3v) is 8.11. The summed E-state index contributed by atoms with van der Waals surface area (Å²) in [7, 11) is 6.27. The summed E-state index contributed by atoms with van der Waals surface area (Å²) in [4.78, 5) is 37.8. The quantitative estimate of drug-likeness (QED) is 0.219. The van der Waals surface area contributed by atoms with Crippen LogP contribution in [-0.4, -0.2) is 57.0 Å². The summed E-state index contributed by atoms with van der Waals surface area (Å²) in [5.74, 6) is 1.21. The van der Waals surface area contributed by atoms with E-state index in [0.29, 0.717) is 77.5 Å². The van der Waals surface area contributed by atoms with E-state index in [2.05, 4.69) is 26.1 Å². The van der Waals surface area contributed by atoms with E-state index < -0.39 is 0 Å². The number of rotatable bonds is 14. The molecule has 0 aliphatic heterocycles. The van der Waals surface area contributed by atoms with Crippen LogP contribution in [0.5, 0.6) is 17.2 Å². The highest BCUT2D eigenvalue weighted by molar-refractivity contribution is 7.15. The molecular formula is C31H39N5O7S. The number of carbonyl (C=O) groups excluding carboxylic acids is 2. The average Bonchev–Trinajstić information content (AvgIpc) is 3.30. The van der Waals surface area contributed by atoms with E-state index in [1.54, 1.807) is 40.6 Å². The number of ether oxygens (including phenoxy) is 4. The molecule has 1 atom stereocenters. The van der Waals surface area contributed by atoms with Crippen molar-refractivity contribution in [1.82, 2.24) is 15.5 Å². The molecule has 2 aromatic carbocycles. The number of aryl methyl sites for hydroxylation is 1. The lowest BCUT2D eigenvalue weighted by Crippen LogP contribution is -2.26. The minimum atomic E-state index is -0.373. The summed E-state index contributed by atoms with van der Waals surface area (Å²) in [6, 6.07) is 6.81. The third kappa shape index (κ3) is 7.83. The smallest absolute Gasteiger partial charge is 0.226 e. The van der Waals surface area contributed by atoms with Crippen LogP contribution in [0.25, 0.3) is 11.1 Å². The number of anilines is 2. The molecule has 1 aliphatic carbocycles. The second-order valence-corrected chi connectivity index (χ2v) is 11.4. The molecule has 1 aliphatic rings. The van der Waals surface area contributed by atoms with Gasteiger partial charge in [0.05, 0.1) is 33.1 Å². The van der Waals surface area contributed by atoms with Crippen molar-refractivity contribution in [2.24, 2.45) is 0 Å². The lowest BCUT2D eigenvalue weighted by molar-refractivity contribution is -0.119. The molecule has 0 bridgehead atoms. The summed E-state index contributed by atoms with van der Waals surface area (Å²) in [5, 5.41) is 18.1. The Hall–Kier alpha value is -4.23. The fourth-order valence-corrected chi connectivity index (χ4v) is 6.06. The molecule has 3 N–H and O–H groups in total. The van der Waals surface area contributed by atoms with Gasteiger partial charge >= 0.3 is 0 Å². The van der Waals surface area contributed by atoms with Crippen LogP contribution in [0, 0.1) is 0 Å². The number of methoxy groups -OCH3 is 4. The van der Waals surface area contributed by atoms with Gasteiger partial charge in [-0.2, -0.15) is 0 Å². The largest absolute Gasteiger partial charge is 0.493 e. The second-order valence-electron chi connectivity index (χ2n) is 10.3. The zero-order valence-electron chi connectivity index (χ0n) is 25.7. The molecule has 13 heteroatoms. The van der Waals surface area contributed by atoms with Crippen LogP contribution in [0.3, 0.4) is 0 Å². The van der Waals surface area contributed by atoms with Crippen LogP contribution in [-0.2, 0) is 27.4 Å². The Morgan fingerprint density at radius 3 is 2.50 bits per heavy atom. The Labute approximate surface area is 260 Å². The number of benzene rings is 1. The van der Waals surface area contributed by atoms with Crippen molar-refractivity contribution in [1.29, 1.82) is 0 Å². The van der Waals surface area contributed by atoms with Gasteiger partial charge in [-0.25, -0.2) is 0 Å². The first-order chi connectivity index (χ1) is 21.3. The molecule has 0 saturated heterocycles. The SMILES string of the molecule is COCc1nnc(NC(=O)CCCCCNc2ccc3c(cc2=O)C(NC(C)=O)CCc2cc(OC)c(OC)c(OC)c2-3)s1. The second kappa shape index (κ2) is 15.5. The highest BCUT2D eigenvalue weighted by atomic mass is 32.1. The summed E-state index contributed by atoms with van der Waals surface area (Å²) in [5.41, 5.74) is 3.51. The lowest BCUT2D eigenvalue weighted by Gasteiger charge is -2.19. The number of nitrogens with zero attached hydrogens (tertiary/aromatic N) is 2. The van der Waals surface area contributed by atoms with E-state index in [0.717, 1.165) is 29.5 Å². The van der Waals surface area contributed by atoms with E-state index in [1.807, 2.05) is 12.1 Å². The number of hydrogen-bond acceptors (Lipinski definition) is 11. The van der Waals surface area contributed by atoms with Crippen LogP contribution in [0.4, 0.5) is 10.8 Å². The molecular weight excluding hydrogens is 586 g/mol. The zero-order chi connectivity index (χ0) is 31.6. The summed E-state index contributed by atoms with van der Waals surface area (Å²) < 4.78 is 22.1. The molecule has 1 heterocycles. The zero-order valence-corrected chi connectivity index (χ0v) is 26.5. The molecule has 1 unspecified atom stereocenters. The van der Waals surface area contributed by atoms with E-state index >= 15 is 0 Å². The molecule has 0 fully saturated rings. The maximum atomic E-state index is 13.4. The van der Waals surface area contributed by atoms with Crippen molar-refractivity contribution in [2.45, 2.75) is 58.1 Å². The first kappa shape index (κ1) is 32.7. The van der Waals surface area contributed by atoms with Crippen molar-refractivity contribution in [3.05, 3.63) is 50.6 Å². The Balaban J connectivity index is 1.48. The van der Waals surface area contributed by atoms with Crippen molar-refractivity contribution in [3.63, 3.8) is 0 Å². The first-order valence-electron chi connectivity index (χ1n) is 14.4. The van der Waals surface area contributed by atoms with Crippen LogP contribution in [0.2, 0.25) is 0 Å². The maximum absolute atomic E-state index is 13.4. The predicted molar refractivity (Wildman–Crippen MR) is 169 cm³/mol. The van der Waals surface area contributed by atoms with E-state index in [-0.39, 0.29) is 23.3 Å². The van der Waals surface area contributed by atoms with E-state index in [4.69, 9.17) is 18.9 Å². The Bertz CT molecular complexity index is 1540. The molecule has 1 aromatic heterocycles. The molecule has 2 amide bonds. The number of carbonyl (C=O) groups is 2. The normalized spacial score (nSPS) is 13.6. The van der Waals surface area contributed by atoms with Gasteiger partial charge in [-0.15, -0.1) is 10.2 Å². The molecule has 0 spiro atoms. The highest BCUT2D eigenvalue weighted by Gasteiger charge is 2.29. The Morgan fingerprint density at radius 2 is 1.80 bits per heavy atom. The van der Waals surface area contributed by atoms with Gasteiger partial charge in [-0.05, 0) is 60.6 Å². The Kier molecular flexibility index (Phi) is 11.5. The first-order valence-corrected chi connectivity index (χ1v) is 15.2. The van der Waals surface area contributed by atoms with Crippen molar-refractivity contribution in [3.8, 4) is 28.4 Å².